The van der Waals surface area contributed by atoms with Gasteiger partial charge in [0.2, 0.25) is 5.91 Å². The minimum atomic E-state index is -0.881. The van der Waals surface area contributed by atoms with Gasteiger partial charge < -0.3 is 15.7 Å². The van der Waals surface area contributed by atoms with Crippen molar-refractivity contribution in [2.75, 3.05) is 6.54 Å². The predicted octanol–water partition coefficient (Wildman–Crippen LogP) is 1.85. The van der Waals surface area contributed by atoms with Crippen LogP contribution in [0.25, 0.3) is 0 Å². The van der Waals surface area contributed by atoms with Crippen LogP contribution in [0.3, 0.4) is 0 Å². The van der Waals surface area contributed by atoms with Crippen LogP contribution in [0.4, 0.5) is 0 Å². The molecule has 0 aromatic rings. The Kier molecular flexibility index (Phi) is 6.46. The van der Waals surface area contributed by atoms with E-state index >= 15 is 0 Å². The summed E-state index contributed by atoms with van der Waals surface area (Å²) in [5, 5.41) is 9.35. The molecule has 0 spiro atoms. The van der Waals surface area contributed by atoms with Gasteiger partial charge in [0, 0.05) is 18.5 Å². The number of hydrogen-bond acceptors (Lipinski definition) is 3. The maximum Gasteiger partial charge on any atom is 0.326 e. The summed E-state index contributed by atoms with van der Waals surface area (Å²) in [5.41, 5.74) is 5.70. The summed E-state index contributed by atoms with van der Waals surface area (Å²) in [6, 6.07) is -0.508. The van der Waals surface area contributed by atoms with Crippen LogP contribution >= 0.6 is 0 Å². The molecule has 4 atom stereocenters. The first kappa shape index (κ1) is 17.0. The molecule has 1 fully saturated rings. The number of carbonyl (C=O) groups excluding carboxylic acids is 1. The van der Waals surface area contributed by atoms with Gasteiger partial charge in [-0.25, -0.2) is 4.79 Å². The molecule has 5 nitrogen and oxygen atoms in total. The van der Waals surface area contributed by atoms with Crippen LogP contribution in [0.5, 0.6) is 0 Å². The molecular formula is C15H28N2O3. The highest BCUT2D eigenvalue weighted by molar-refractivity contribution is 5.85. The molecule has 3 N–H and O–H groups in total. The highest BCUT2D eigenvalue weighted by Gasteiger charge is 2.38. The van der Waals surface area contributed by atoms with Gasteiger partial charge in [-0.15, -0.1) is 0 Å². The Hall–Kier alpha value is -1.10. The van der Waals surface area contributed by atoms with Crippen LogP contribution in [-0.2, 0) is 9.59 Å². The standard InChI is InChI=1S/C15H28N2O3/c1-10-7-5-9-17(13(10)15(19)20)14(18)11(2)6-4-8-12(3)16/h10-13H,4-9,16H2,1-3H3,(H,19,20). The lowest BCUT2D eigenvalue weighted by Crippen LogP contribution is -2.53. The van der Waals surface area contributed by atoms with Crippen molar-refractivity contribution >= 4 is 11.9 Å². The highest BCUT2D eigenvalue weighted by atomic mass is 16.4. The summed E-state index contributed by atoms with van der Waals surface area (Å²) in [6.07, 6.45) is 4.35. The van der Waals surface area contributed by atoms with E-state index in [1.165, 1.54) is 0 Å². The van der Waals surface area contributed by atoms with E-state index in [9.17, 15) is 14.7 Å². The molecule has 1 aliphatic rings. The highest BCUT2D eigenvalue weighted by Crippen LogP contribution is 2.26. The van der Waals surface area contributed by atoms with Crippen LogP contribution < -0.4 is 5.73 Å². The topological polar surface area (TPSA) is 83.6 Å². The zero-order chi connectivity index (χ0) is 15.3. The monoisotopic (exact) mass is 284 g/mol. The molecule has 1 amide bonds. The van der Waals surface area contributed by atoms with Crippen LogP contribution in [0.1, 0.15) is 52.9 Å². The number of nitrogens with two attached hydrogens (primary N) is 1. The summed E-state index contributed by atoms with van der Waals surface area (Å²) < 4.78 is 0. The number of carbonyl (C=O) groups is 2. The molecule has 4 unspecified atom stereocenters. The molecule has 1 saturated heterocycles. The minimum absolute atomic E-state index is 0.0198. The molecule has 116 valence electrons. The van der Waals surface area contributed by atoms with E-state index in [0.717, 1.165) is 32.1 Å². The second-order valence-electron chi connectivity index (χ2n) is 6.24. The number of hydrogen-bond donors (Lipinski definition) is 2. The van der Waals surface area contributed by atoms with Gasteiger partial charge in [0.05, 0.1) is 0 Å². The number of nitrogens with zero attached hydrogens (tertiary/aromatic N) is 1. The SMILES string of the molecule is CC(N)CCCC(C)C(=O)N1CCCC(C)C1C(=O)O. The predicted molar refractivity (Wildman–Crippen MR) is 78.2 cm³/mol. The van der Waals surface area contributed by atoms with Gasteiger partial charge in [-0.2, -0.15) is 0 Å². The Labute approximate surface area is 121 Å². The molecule has 0 aromatic carbocycles. The Morgan fingerprint density at radius 1 is 1.35 bits per heavy atom. The van der Waals surface area contributed by atoms with Crippen molar-refractivity contribution < 1.29 is 14.7 Å². The van der Waals surface area contributed by atoms with Gasteiger partial charge in [-0.05, 0) is 38.5 Å². The summed E-state index contributed by atoms with van der Waals surface area (Å²) in [4.78, 5) is 25.4. The second-order valence-corrected chi connectivity index (χ2v) is 6.24. The molecule has 0 saturated carbocycles. The number of aliphatic carboxylic acids is 1. The molecule has 20 heavy (non-hydrogen) atoms. The Bertz CT molecular complexity index is 344. The molecular weight excluding hydrogens is 256 g/mol. The number of piperidine rings is 1. The number of carboxylic acids is 1. The quantitative estimate of drug-likeness (QED) is 0.779. The maximum absolute atomic E-state index is 12.5. The summed E-state index contributed by atoms with van der Waals surface area (Å²) >= 11 is 0. The van der Waals surface area contributed by atoms with Crippen molar-refractivity contribution in [2.45, 2.75) is 65.0 Å². The summed E-state index contributed by atoms with van der Waals surface area (Å²) in [6.45, 7) is 6.33. The normalized spacial score (nSPS) is 26.1. The first-order chi connectivity index (χ1) is 9.34. The van der Waals surface area contributed by atoms with Gasteiger partial charge >= 0.3 is 5.97 Å². The lowest BCUT2D eigenvalue weighted by Gasteiger charge is -2.38. The van der Waals surface area contributed by atoms with E-state index in [0.29, 0.717) is 6.54 Å². The van der Waals surface area contributed by atoms with Crippen molar-refractivity contribution in [2.24, 2.45) is 17.6 Å². The third-order valence-corrected chi connectivity index (χ3v) is 4.19. The van der Waals surface area contributed by atoms with Gasteiger partial charge in [0.25, 0.3) is 0 Å². The third-order valence-electron chi connectivity index (χ3n) is 4.19. The number of carboxylic acid groups (broad SMARTS) is 1. The maximum atomic E-state index is 12.5. The van der Waals surface area contributed by atoms with E-state index in [1.807, 2.05) is 20.8 Å². The molecule has 1 aliphatic heterocycles. The van der Waals surface area contributed by atoms with Crippen molar-refractivity contribution in [1.29, 1.82) is 0 Å². The first-order valence-electron chi connectivity index (χ1n) is 7.63. The van der Waals surface area contributed by atoms with E-state index in [1.54, 1.807) is 4.90 Å². The van der Waals surface area contributed by atoms with Crippen LogP contribution in [0, 0.1) is 11.8 Å². The fraction of sp³-hybridized carbons (Fsp3) is 0.867. The second kappa shape index (κ2) is 7.62. The fourth-order valence-electron chi connectivity index (χ4n) is 2.96. The molecule has 1 heterocycles. The van der Waals surface area contributed by atoms with Crippen molar-refractivity contribution in [1.82, 2.24) is 4.90 Å². The van der Waals surface area contributed by atoms with Crippen molar-refractivity contribution in [3.63, 3.8) is 0 Å². The van der Waals surface area contributed by atoms with Gasteiger partial charge in [0.15, 0.2) is 0 Å². The molecule has 1 rings (SSSR count). The average molecular weight is 284 g/mol. The minimum Gasteiger partial charge on any atom is -0.480 e. The summed E-state index contributed by atoms with van der Waals surface area (Å²) in [7, 11) is 0. The molecule has 0 bridgehead atoms. The number of amides is 1. The van der Waals surface area contributed by atoms with E-state index < -0.39 is 12.0 Å². The lowest BCUT2D eigenvalue weighted by atomic mass is 9.89. The number of rotatable bonds is 6. The smallest absolute Gasteiger partial charge is 0.326 e. The summed E-state index contributed by atoms with van der Waals surface area (Å²) in [5.74, 6) is -0.996. The Morgan fingerprint density at radius 3 is 2.55 bits per heavy atom. The van der Waals surface area contributed by atoms with Crippen LogP contribution in [0.15, 0.2) is 0 Å². The first-order valence-corrected chi connectivity index (χ1v) is 7.63. The van der Waals surface area contributed by atoms with Gasteiger partial charge in [0.1, 0.15) is 6.04 Å². The van der Waals surface area contributed by atoms with Crippen LogP contribution in [0.2, 0.25) is 0 Å². The van der Waals surface area contributed by atoms with Gasteiger partial charge in [-0.3, -0.25) is 4.79 Å². The van der Waals surface area contributed by atoms with E-state index in [-0.39, 0.29) is 23.8 Å². The van der Waals surface area contributed by atoms with Gasteiger partial charge in [-0.1, -0.05) is 20.3 Å². The van der Waals surface area contributed by atoms with Crippen molar-refractivity contribution in [3.05, 3.63) is 0 Å². The third kappa shape index (κ3) is 4.47. The molecule has 0 aliphatic carbocycles. The molecule has 0 radical (unpaired) electrons. The number of likely N-dealkylation sites (tertiary alicyclic amines) is 1. The fourth-order valence-corrected chi connectivity index (χ4v) is 2.96. The Morgan fingerprint density at radius 2 is 2.00 bits per heavy atom. The van der Waals surface area contributed by atoms with Crippen molar-refractivity contribution in [3.8, 4) is 0 Å². The zero-order valence-electron chi connectivity index (χ0n) is 12.8. The van der Waals surface area contributed by atoms with E-state index in [4.69, 9.17) is 5.73 Å². The van der Waals surface area contributed by atoms with E-state index in [2.05, 4.69) is 0 Å². The zero-order valence-corrected chi connectivity index (χ0v) is 12.8. The lowest BCUT2D eigenvalue weighted by molar-refractivity contribution is -0.156. The van der Waals surface area contributed by atoms with Crippen LogP contribution in [-0.4, -0.2) is 40.5 Å². The Balaban J connectivity index is 2.61. The largest absolute Gasteiger partial charge is 0.480 e. The molecule has 5 heteroatoms. The molecule has 0 aromatic heterocycles. The average Bonchev–Trinajstić information content (AvgIpc) is 2.36.